The molecule has 0 atom stereocenters. The number of pyridine rings is 1. The minimum absolute atomic E-state index is 0.139. The first-order valence-electron chi connectivity index (χ1n) is 15.1. The highest BCUT2D eigenvalue weighted by Crippen LogP contribution is 2.37. The summed E-state index contributed by atoms with van der Waals surface area (Å²) in [5, 5.41) is 10.0. The van der Waals surface area contributed by atoms with E-state index < -0.39 is 0 Å². The lowest BCUT2D eigenvalue weighted by Crippen LogP contribution is -2.40. The predicted octanol–water partition coefficient (Wildman–Crippen LogP) is 7.00. The van der Waals surface area contributed by atoms with E-state index in [1.165, 1.54) is 17.3 Å². The van der Waals surface area contributed by atoms with E-state index in [4.69, 9.17) is 12.2 Å². The van der Waals surface area contributed by atoms with Crippen LogP contribution in [0.1, 0.15) is 66.0 Å². The van der Waals surface area contributed by atoms with E-state index in [2.05, 4.69) is 42.2 Å². The van der Waals surface area contributed by atoms with Crippen molar-refractivity contribution >= 4 is 46.1 Å². The number of hydrogen-bond donors (Lipinski definition) is 0. The Morgan fingerprint density at radius 2 is 1.72 bits per heavy atom. The zero-order chi connectivity index (χ0) is 30.5. The normalized spacial score (nSPS) is 16.7. The van der Waals surface area contributed by atoms with Crippen molar-refractivity contribution in [3.05, 3.63) is 103 Å². The molecule has 43 heavy (non-hydrogen) atoms. The number of hydrogen-bond acceptors (Lipinski definition) is 6. The van der Waals surface area contributed by atoms with Crippen LogP contribution in [0.25, 0.3) is 6.08 Å². The molecule has 0 radical (unpaired) electrons. The van der Waals surface area contributed by atoms with Crippen LogP contribution in [-0.2, 0) is 24.3 Å². The molecule has 2 aromatic carbocycles. The molecular formula is C35H38N4O2S2. The van der Waals surface area contributed by atoms with Gasteiger partial charge in [-0.05, 0) is 68.2 Å². The van der Waals surface area contributed by atoms with Gasteiger partial charge in [-0.2, -0.15) is 5.26 Å². The molecule has 3 aromatic rings. The van der Waals surface area contributed by atoms with Crippen LogP contribution in [0.2, 0.25) is 0 Å². The third kappa shape index (κ3) is 6.79. The summed E-state index contributed by atoms with van der Waals surface area (Å²) in [6, 6.07) is 20.9. The van der Waals surface area contributed by atoms with Crippen molar-refractivity contribution in [1.82, 2.24) is 9.47 Å². The number of piperidine rings is 1. The topological polar surface area (TPSA) is 69.3 Å². The van der Waals surface area contributed by atoms with Gasteiger partial charge in [-0.1, -0.05) is 97.5 Å². The average molecular weight is 611 g/mol. The van der Waals surface area contributed by atoms with Gasteiger partial charge < -0.3 is 4.90 Å². The molecule has 0 aliphatic carbocycles. The number of unbranched alkanes of at least 4 members (excludes halogenated alkanes) is 1. The number of thiocarbonyl (C=S) groups is 1. The van der Waals surface area contributed by atoms with Crippen LogP contribution in [0.4, 0.5) is 5.82 Å². The average Bonchev–Trinajstić information content (AvgIpc) is 3.27. The summed E-state index contributed by atoms with van der Waals surface area (Å²) < 4.78 is 2.29. The zero-order valence-electron chi connectivity index (χ0n) is 25.1. The van der Waals surface area contributed by atoms with Crippen LogP contribution < -0.4 is 10.5 Å². The first-order chi connectivity index (χ1) is 20.8. The highest BCUT2D eigenvalue weighted by Gasteiger charge is 2.34. The number of benzene rings is 2. The summed E-state index contributed by atoms with van der Waals surface area (Å²) >= 11 is 6.94. The summed E-state index contributed by atoms with van der Waals surface area (Å²) in [6.45, 7) is 8.51. The standard InChI is InChI=1S/C35H38N4O2S2/c1-4-5-17-38-32(37-18-15-27(16-19-37)20-26-9-7-6-8-10-26)29(25(3)30(22-36)33(38)40)21-31-34(41)39(35(42)43-31)23-28-13-11-24(2)12-14-28/h6-14,21,27H,4-5,15-20,23H2,1-3H3. The first-order valence-corrected chi connectivity index (χ1v) is 16.3. The van der Waals surface area contributed by atoms with Crippen molar-refractivity contribution in [2.24, 2.45) is 5.92 Å². The number of nitriles is 1. The molecule has 2 fully saturated rings. The van der Waals surface area contributed by atoms with Gasteiger partial charge in [-0.15, -0.1) is 0 Å². The number of aromatic nitrogens is 1. The van der Waals surface area contributed by atoms with Crippen LogP contribution in [-0.4, -0.2) is 32.8 Å². The van der Waals surface area contributed by atoms with E-state index in [1.54, 1.807) is 9.47 Å². The second kappa shape index (κ2) is 13.7. The number of carbonyl (C=O) groups excluding carboxylic acids is 1. The van der Waals surface area contributed by atoms with E-state index in [-0.39, 0.29) is 17.0 Å². The minimum Gasteiger partial charge on any atom is -0.357 e. The molecule has 1 aromatic heterocycles. The SMILES string of the molecule is CCCCn1c(N2CCC(Cc3ccccc3)CC2)c(C=C2SC(=S)N(Cc3ccc(C)cc3)C2=O)c(C)c(C#N)c1=O. The summed E-state index contributed by atoms with van der Waals surface area (Å²) in [5.41, 5.74) is 4.79. The molecule has 8 heteroatoms. The van der Waals surface area contributed by atoms with E-state index in [0.717, 1.165) is 67.7 Å². The number of aryl methyl sites for hydroxylation is 1. The highest BCUT2D eigenvalue weighted by molar-refractivity contribution is 8.26. The maximum Gasteiger partial charge on any atom is 0.270 e. The van der Waals surface area contributed by atoms with Gasteiger partial charge >= 0.3 is 0 Å². The summed E-state index contributed by atoms with van der Waals surface area (Å²) in [4.78, 5) is 31.8. The predicted molar refractivity (Wildman–Crippen MR) is 180 cm³/mol. The van der Waals surface area contributed by atoms with Gasteiger partial charge in [0, 0.05) is 25.2 Å². The first kappa shape index (κ1) is 30.8. The van der Waals surface area contributed by atoms with E-state index >= 15 is 0 Å². The minimum atomic E-state index is -0.251. The number of anilines is 1. The second-order valence-electron chi connectivity index (χ2n) is 11.5. The van der Waals surface area contributed by atoms with Gasteiger partial charge in [0.25, 0.3) is 11.5 Å². The maximum atomic E-state index is 13.7. The smallest absolute Gasteiger partial charge is 0.270 e. The molecule has 0 N–H and O–H groups in total. The Morgan fingerprint density at radius 3 is 2.37 bits per heavy atom. The largest absolute Gasteiger partial charge is 0.357 e. The lowest BCUT2D eigenvalue weighted by Gasteiger charge is -2.36. The number of rotatable bonds is 9. The number of carbonyl (C=O) groups is 1. The van der Waals surface area contributed by atoms with Crippen LogP contribution in [0.5, 0.6) is 0 Å². The fourth-order valence-electron chi connectivity index (χ4n) is 5.95. The Morgan fingerprint density at radius 1 is 1.02 bits per heavy atom. The van der Waals surface area contributed by atoms with Gasteiger partial charge in [-0.25, -0.2) is 0 Å². The van der Waals surface area contributed by atoms with Gasteiger partial charge in [0.05, 0.1) is 11.4 Å². The monoisotopic (exact) mass is 610 g/mol. The van der Waals surface area contributed by atoms with Crippen LogP contribution in [0.3, 0.4) is 0 Å². The van der Waals surface area contributed by atoms with Gasteiger partial charge in [0.1, 0.15) is 21.8 Å². The van der Waals surface area contributed by atoms with Gasteiger partial charge in [0.2, 0.25) is 0 Å². The lowest BCUT2D eigenvalue weighted by molar-refractivity contribution is -0.122. The third-order valence-electron chi connectivity index (χ3n) is 8.47. The quantitative estimate of drug-likeness (QED) is 0.192. The Balaban J connectivity index is 1.50. The Kier molecular flexibility index (Phi) is 9.84. The zero-order valence-corrected chi connectivity index (χ0v) is 26.8. The summed E-state index contributed by atoms with van der Waals surface area (Å²) in [6.07, 6.45) is 6.68. The van der Waals surface area contributed by atoms with Crippen molar-refractivity contribution in [1.29, 1.82) is 5.26 Å². The van der Waals surface area contributed by atoms with Crippen LogP contribution >= 0.6 is 24.0 Å². The molecule has 3 heterocycles. The van der Waals surface area contributed by atoms with Crippen LogP contribution in [0.15, 0.2) is 64.3 Å². The summed E-state index contributed by atoms with van der Waals surface area (Å²) in [5.74, 6) is 1.24. The molecule has 2 aliphatic heterocycles. The fraction of sp³-hybridized carbons (Fsp3) is 0.371. The van der Waals surface area contributed by atoms with Gasteiger partial charge in [0.15, 0.2) is 0 Å². The van der Waals surface area contributed by atoms with Crippen molar-refractivity contribution in [3.8, 4) is 6.07 Å². The van der Waals surface area contributed by atoms with Crippen molar-refractivity contribution < 1.29 is 4.79 Å². The molecule has 222 valence electrons. The maximum absolute atomic E-state index is 13.7. The molecule has 5 rings (SSSR count). The molecule has 1 amide bonds. The number of thioether (sulfide) groups is 1. The Labute approximate surface area is 264 Å². The molecule has 6 nitrogen and oxygen atoms in total. The lowest BCUT2D eigenvalue weighted by atomic mass is 9.90. The molecule has 0 spiro atoms. The molecule has 0 unspecified atom stereocenters. The number of nitrogens with zero attached hydrogens (tertiary/aromatic N) is 4. The van der Waals surface area contributed by atoms with Gasteiger partial charge in [-0.3, -0.25) is 19.1 Å². The van der Waals surface area contributed by atoms with E-state index in [0.29, 0.717) is 33.8 Å². The summed E-state index contributed by atoms with van der Waals surface area (Å²) in [7, 11) is 0. The number of amides is 1. The molecule has 2 aliphatic rings. The van der Waals surface area contributed by atoms with Crippen molar-refractivity contribution in [2.75, 3.05) is 18.0 Å². The van der Waals surface area contributed by atoms with Crippen molar-refractivity contribution in [2.45, 2.75) is 66.0 Å². The van der Waals surface area contributed by atoms with E-state index in [9.17, 15) is 14.9 Å². The third-order valence-corrected chi connectivity index (χ3v) is 9.85. The molecular weight excluding hydrogens is 573 g/mol. The second-order valence-corrected chi connectivity index (χ2v) is 13.2. The highest BCUT2D eigenvalue weighted by atomic mass is 32.2. The Bertz CT molecular complexity index is 1630. The fourth-order valence-corrected chi connectivity index (χ4v) is 7.19. The molecule has 0 bridgehead atoms. The van der Waals surface area contributed by atoms with Crippen LogP contribution in [0, 0.1) is 31.1 Å². The molecule has 2 saturated heterocycles. The molecule has 0 saturated carbocycles. The Hall–Kier alpha value is -3.67. The van der Waals surface area contributed by atoms with E-state index in [1.807, 2.05) is 50.3 Å². The van der Waals surface area contributed by atoms with Crippen molar-refractivity contribution in [3.63, 3.8) is 0 Å².